The minimum atomic E-state index is -0.385. The Labute approximate surface area is 269 Å². The van der Waals surface area contributed by atoms with Crippen LogP contribution < -0.4 is 11.5 Å². The highest BCUT2D eigenvalue weighted by Gasteiger charge is 2.41. The molecule has 8 rings (SSSR count). The number of aromatic amines is 2. The highest BCUT2D eigenvalue weighted by Crippen LogP contribution is 2.38. The van der Waals surface area contributed by atoms with E-state index in [9.17, 15) is 9.59 Å². The molecule has 10 nitrogen and oxygen atoms in total. The Bertz CT molecular complexity index is 1590. The molecule has 4 aromatic rings. The first-order valence-corrected chi connectivity index (χ1v) is 16.9. The number of carbonyl (C=O) groups excluding carboxylic acids is 2. The minimum Gasteiger partial charge on any atom is -0.340 e. The third-order valence-electron chi connectivity index (χ3n) is 10.4. The number of benzene rings is 2. The second-order valence-electron chi connectivity index (χ2n) is 13.6. The maximum absolute atomic E-state index is 13.0. The van der Waals surface area contributed by atoms with Gasteiger partial charge in [-0.1, -0.05) is 48.5 Å². The third-order valence-corrected chi connectivity index (χ3v) is 10.4. The van der Waals surface area contributed by atoms with Crippen LogP contribution in [0.3, 0.4) is 0 Å². The SMILES string of the molecule is N[C@H](C(=O)N1CCCC1c1ncc(-c2ccc(-c3ccc(-c4cnc(C5CCCN5C(=O)[C@@H](N)C5CC5)[nH]4)cc3)cc2)[nH]1)C1CC1. The predicted octanol–water partition coefficient (Wildman–Crippen LogP) is 4.94. The molecule has 2 amide bonds. The number of likely N-dealkylation sites (tertiary alicyclic amines) is 2. The van der Waals surface area contributed by atoms with Crippen molar-refractivity contribution in [3.8, 4) is 33.6 Å². The number of carbonyl (C=O) groups is 2. The molecule has 238 valence electrons. The van der Waals surface area contributed by atoms with E-state index < -0.39 is 0 Å². The Kier molecular flexibility index (Phi) is 7.49. The topological polar surface area (TPSA) is 150 Å². The first-order chi connectivity index (χ1) is 22.4. The molecule has 2 aromatic heterocycles. The van der Waals surface area contributed by atoms with Crippen LogP contribution in [0, 0.1) is 11.8 Å². The number of hydrogen-bond donors (Lipinski definition) is 4. The average Bonchev–Trinajstić information content (AvgIpc) is 3.83. The Morgan fingerprint density at radius 2 is 0.978 bits per heavy atom. The van der Waals surface area contributed by atoms with Crippen LogP contribution in [0.25, 0.3) is 33.6 Å². The zero-order valence-electron chi connectivity index (χ0n) is 26.1. The molecule has 0 spiro atoms. The van der Waals surface area contributed by atoms with Gasteiger partial charge in [0, 0.05) is 13.1 Å². The van der Waals surface area contributed by atoms with Crippen LogP contribution in [0.15, 0.2) is 60.9 Å². The van der Waals surface area contributed by atoms with E-state index in [1.165, 1.54) is 0 Å². The fraction of sp³-hybridized carbons (Fsp3) is 0.444. The van der Waals surface area contributed by atoms with Gasteiger partial charge in [-0.05, 0) is 85.5 Å². The maximum Gasteiger partial charge on any atom is 0.240 e. The van der Waals surface area contributed by atoms with Crippen molar-refractivity contribution < 1.29 is 9.59 Å². The van der Waals surface area contributed by atoms with Crippen molar-refractivity contribution in [3.05, 3.63) is 72.6 Å². The van der Waals surface area contributed by atoms with Crippen LogP contribution in [0.1, 0.15) is 75.1 Å². The summed E-state index contributed by atoms with van der Waals surface area (Å²) in [5, 5.41) is 0. The van der Waals surface area contributed by atoms with Gasteiger partial charge >= 0.3 is 0 Å². The number of amides is 2. The first-order valence-electron chi connectivity index (χ1n) is 16.9. The van der Waals surface area contributed by atoms with Gasteiger partial charge in [-0.15, -0.1) is 0 Å². The number of nitrogens with one attached hydrogen (secondary N) is 2. The van der Waals surface area contributed by atoms with Crippen molar-refractivity contribution in [1.82, 2.24) is 29.7 Å². The molecule has 2 aromatic carbocycles. The Morgan fingerprint density at radius 1 is 0.609 bits per heavy atom. The Morgan fingerprint density at radius 3 is 1.35 bits per heavy atom. The van der Waals surface area contributed by atoms with Crippen LogP contribution in [0.5, 0.6) is 0 Å². The molecule has 6 N–H and O–H groups in total. The molecule has 4 heterocycles. The molecule has 0 bridgehead atoms. The van der Waals surface area contributed by atoms with Crippen LogP contribution >= 0.6 is 0 Å². The summed E-state index contributed by atoms with van der Waals surface area (Å²) < 4.78 is 0. The monoisotopic (exact) mass is 618 g/mol. The number of H-pyrrole nitrogens is 2. The number of nitrogens with two attached hydrogens (primary N) is 2. The van der Waals surface area contributed by atoms with E-state index in [2.05, 4.69) is 68.5 Å². The summed E-state index contributed by atoms with van der Waals surface area (Å²) >= 11 is 0. The summed E-state index contributed by atoms with van der Waals surface area (Å²) in [5.41, 5.74) is 18.7. The standard InChI is InChI=1S/C36H42N8O2/c37-31(25-13-14-25)35(45)43-17-1-3-29(43)33-39-19-27(41-33)23-9-5-21(6-10-23)22-7-11-24(12-8-22)28-20-40-34(42-28)30-4-2-18-44(30)36(46)32(38)26-15-16-26/h5-12,19-20,25-26,29-32H,1-4,13-18,37-38H2,(H,39,41)(H,40,42)/t29?,30?,31-,32-/m0/s1. The zero-order valence-corrected chi connectivity index (χ0v) is 26.1. The molecule has 4 fully saturated rings. The van der Waals surface area contributed by atoms with Gasteiger partial charge in [0.15, 0.2) is 0 Å². The van der Waals surface area contributed by atoms with Crippen molar-refractivity contribution >= 4 is 11.8 Å². The van der Waals surface area contributed by atoms with Crippen molar-refractivity contribution in [2.45, 2.75) is 75.5 Å². The molecule has 2 aliphatic heterocycles. The summed E-state index contributed by atoms with van der Waals surface area (Å²) in [5.74, 6) is 2.48. The fourth-order valence-electron chi connectivity index (χ4n) is 7.32. The molecule has 4 aliphatic rings. The van der Waals surface area contributed by atoms with Gasteiger partial charge in [0.05, 0.1) is 47.9 Å². The molecule has 2 saturated carbocycles. The number of aromatic nitrogens is 4. The van der Waals surface area contributed by atoms with Gasteiger partial charge in [-0.3, -0.25) is 9.59 Å². The van der Waals surface area contributed by atoms with Gasteiger partial charge in [0.1, 0.15) is 11.6 Å². The number of hydrogen-bond acceptors (Lipinski definition) is 6. The predicted molar refractivity (Wildman–Crippen MR) is 176 cm³/mol. The summed E-state index contributed by atoms with van der Waals surface area (Å²) in [6.07, 6.45) is 11.7. The lowest BCUT2D eigenvalue weighted by molar-refractivity contribution is -0.134. The second-order valence-corrected chi connectivity index (χ2v) is 13.6. The fourth-order valence-corrected chi connectivity index (χ4v) is 7.32. The van der Waals surface area contributed by atoms with Gasteiger partial charge < -0.3 is 31.2 Å². The highest BCUT2D eigenvalue weighted by molar-refractivity contribution is 5.83. The van der Waals surface area contributed by atoms with E-state index in [1.807, 2.05) is 22.2 Å². The third kappa shape index (κ3) is 5.54. The number of imidazole rings is 2. The lowest BCUT2D eigenvalue weighted by Gasteiger charge is -2.26. The lowest BCUT2D eigenvalue weighted by Crippen LogP contribution is -2.44. The van der Waals surface area contributed by atoms with Crippen LogP contribution in [0.4, 0.5) is 0 Å². The van der Waals surface area contributed by atoms with Crippen molar-refractivity contribution in [2.75, 3.05) is 13.1 Å². The molecule has 2 aliphatic carbocycles. The summed E-state index contributed by atoms with van der Waals surface area (Å²) in [6.45, 7) is 1.48. The van der Waals surface area contributed by atoms with Crippen LogP contribution in [-0.2, 0) is 9.59 Å². The van der Waals surface area contributed by atoms with E-state index >= 15 is 0 Å². The van der Waals surface area contributed by atoms with E-state index in [1.54, 1.807) is 0 Å². The maximum atomic E-state index is 13.0. The van der Waals surface area contributed by atoms with Gasteiger partial charge in [-0.2, -0.15) is 0 Å². The van der Waals surface area contributed by atoms with Crippen molar-refractivity contribution in [2.24, 2.45) is 23.3 Å². The molecule has 46 heavy (non-hydrogen) atoms. The molecule has 2 unspecified atom stereocenters. The molecule has 10 heteroatoms. The molecule has 4 atom stereocenters. The van der Waals surface area contributed by atoms with Crippen LogP contribution in [0.2, 0.25) is 0 Å². The van der Waals surface area contributed by atoms with E-state index in [0.717, 1.165) is 110 Å². The quantitative estimate of drug-likeness (QED) is 0.209. The van der Waals surface area contributed by atoms with Crippen LogP contribution in [-0.4, -0.2) is 66.7 Å². The second kappa shape index (κ2) is 11.8. The van der Waals surface area contributed by atoms with Gasteiger partial charge in [0.2, 0.25) is 11.8 Å². The van der Waals surface area contributed by atoms with E-state index in [0.29, 0.717) is 11.8 Å². The van der Waals surface area contributed by atoms with Crippen molar-refractivity contribution in [3.63, 3.8) is 0 Å². The van der Waals surface area contributed by atoms with E-state index in [-0.39, 0.29) is 36.0 Å². The normalized spacial score (nSPS) is 22.7. The zero-order chi connectivity index (χ0) is 31.4. The summed E-state index contributed by atoms with van der Waals surface area (Å²) in [4.78, 5) is 46.2. The lowest BCUT2D eigenvalue weighted by atomic mass is 10.0. The molecular formula is C36H42N8O2. The van der Waals surface area contributed by atoms with Gasteiger partial charge in [0.25, 0.3) is 0 Å². The van der Waals surface area contributed by atoms with Gasteiger partial charge in [-0.25, -0.2) is 9.97 Å². The molecule has 0 radical (unpaired) electrons. The van der Waals surface area contributed by atoms with Crippen molar-refractivity contribution in [1.29, 1.82) is 0 Å². The molecular weight excluding hydrogens is 576 g/mol. The summed E-state index contributed by atoms with van der Waals surface area (Å²) in [7, 11) is 0. The first kappa shape index (κ1) is 29.1. The number of nitrogens with zero attached hydrogens (tertiary/aromatic N) is 4. The molecule has 2 saturated heterocycles. The Hall–Kier alpha value is -4.28. The minimum absolute atomic E-state index is 0.0417. The van der Waals surface area contributed by atoms with E-state index in [4.69, 9.17) is 11.5 Å². The highest BCUT2D eigenvalue weighted by atomic mass is 16.2. The summed E-state index contributed by atoms with van der Waals surface area (Å²) in [6, 6.07) is 16.0. The average molecular weight is 619 g/mol. The largest absolute Gasteiger partial charge is 0.340 e. The Balaban J connectivity index is 0.927. The smallest absolute Gasteiger partial charge is 0.240 e. The number of rotatable bonds is 9.